The predicted molar refractivity (Wildman–Crippen MR) is 85.4 cm³/mol. The van der Waals surface area contributed by atoms with Gasteiger partial charge in [-0.05, 0) is 30.6 Å². The molecule has 5 nitrogen and oxygen atoms in total. The van der Waals surface area contributed by atoms with E-state index in [0.29, 0.717) is 11.7 Å². The summed E-state index contributed by atoms with van der Waals surface area (Å²) < 4.78 is 0.811. The Hall–Kier alpha value is -0.950. The summed E-state index contributed by atoms with van der Waals surface area (Å²) in [5.41, 5.74) is 5.98. The number of hydrogen-bond donors (Lipinski definition) is 1. The molecule has 2 saturated carbocycles. The van der Waals surface area contributed by atoms with Gasteiger partial charge in [0.15, 0.2) is 4.34 Å². The van der Waals surface area contributed by atoms with Crippen LogP contribution in [0.4, 0.5) is 0 Å². The Morgan fingerprint density at radius 2 is 2.38 bits per heavy atom. The first-order valence-corrected chi connectivity index (χ1v) is 9.05. The van der Waals surface area contributed by atoms with Gasteiger partial charge in [0, 0.05) is 11.1 Å². The maximum atomic E-state index is 11.9. The zero-order valence-electron chi connectivity index (χ0n) is 12.5. The second-order valence-electron chi connectivity index (χ2n) is 6.58. The molecule has 2 bridgehead atoms. The van der Waals surface area contributed by atoms with Gasteiger partial charge in [0.25, 0.3) is 5.91 Å². The number of nitrogens with zero attached hydrogens (tertiary/aromatic N) is 3. The molecule has 0 spiro atoms. The zero-order chi connectivity index (χ0) is 15.1. The molecule has 2 atom stereocenters. The molecule has 0 radical (unpaired) electrons. The van der Waals surface area contributed by atoms with E-state index < -0.39 is 0 Å². The molecule has 1 N–H and O–H groups in total. The molecule has 1 aromatic heterocycles. The second-order valence-corrected chi connectivity index (χ2v) is 8.64. The fourth-order valence-electron chi connectivity index (χ4n) is 3.61. The first-order chi connectivity index (χ1) is 9.93. The number of nitrogens with one attached hydrogen (secondary N) is 1. The van der Waals surface area contributed by atoms with Crippen molar-refractivity contribution in [2.45, 2.75) is 44.4 Å². The van der Waals surface area contributed by atoms with E-state index >= 15 is 0 Å². The molecular formula is C14H20N4OS2. The van der Waals surface area contributed by atoms with Crippen LogP contribution in [0.15, 0.2) is 15.0 Å². The Labute approximate surface area is 133 Å². The maximum absolute atomic E-state index is 11.9. The van der Waals surface area contributed by atoms with Crippen LogP contribution < -0.4 is 5.43 Å². The number of carbonyl (C=O) groups excluding carboxylic acids is 1. The molecule has 2 aliphatic carbocycles. The third-order valence-electron chi connectivity index (χ3n) is 5.49. The highest BCUT2D eigenvalue weighted by molar-refractivity contribution is 8.01. The highest BCUT2D eigenvalue weighted by Gasteiger charge is 2.59. The molecular weight excluding hydrogens is 304 g/mol. The predicted octanol–water partition coefficient (Wildman–Crippen LogP) is 2.95. The minimum atomic E-state index is -0.0770. The summed E-state index contributed by atoms with van der Waals surface area (Å²) in [6.07, 6.45) is 3.48. The number of rotatable bonds is 4. The number of hydrogen-bond acceptors (Lipinski definition) is 6. The molecule has 2 aliphatic rings. The molecule has 21 heavy (non-hydrogen) atoms. The second kappa shape index (κ2) is 5.35. The van der Waals surface area contributed by atoms with Crippen molar-refractivity contribution < 1.29 is 4.79 Å². The van der Waals surface area contributed by atoms with Crippen LogP contribution in [0.3, 0.4) is 0 Å². The van der Waals surface area contributed by atoms with Gasteiger partial charge in [0.2, 0.25) is 0 Å². The SMILES string of the molecule is CC1(C)[C@H]2CC[C@]1(C)C(=NNC(=O)CSc1nncs1)C2. The number of hydrazone groups is 1. The lowest BCUT2D eigenvalue weighted by Crippen LogP contribution is -2.34. The number of thioether (sulfide) groups is 1. The van der Waals surface area contributed by atoms with Gasteiger partial charge in [-0.15, -0.1) is 10.2 Å². The normalized spacial score (nSPS) is 31.8. The lowest BCUT2D eigenvalue weighted by molar-refractivity contribution is -0.118. The summed E-state index contributed by atoms with van der Waals surface area (Å²) in [7, 11) is 0. The number of aromatic nitrogens is 2. The van der Waals surface area contributed by atoms with Gasteiger partial charge in [-0.2, -0.15) is 5.10 Å². The average Bonchev–Trinajstić information content (AvgIpc) is 3.08. The first-order valence-electron chi connectivity index (χ1n) is 7.18. The third-order valence-corrected chi connectivity index (χ3v) is 7.35. The van der Waals surface area contributed by atoms with E-state index in [2.05, 4.69) is 41.5 Å². The Bertz CT molecular complexity index is 570. The van der Waals surface area contributed by atoms with Crippen molar-refractivity contribution in [2.24, 2.45) is 21.8 Å². The van der Waals surface area contributed by atoms with Crippen LogP contribution in [-0.4, -0.2) is 27.6 Å². The Morgan fingerprint density at radius 3 is 2.95 bits per heavy atom. The standard InChI is InChI=1S/C14H20N4OS2/c1-13(2)9-4-5-14(13,3)10(6-9)16-17-11(19)7-20-12-18-15-8-21-12/h8-9H,4-7H2,1-3H3,(H,17,19)/t9-,14+/m0/s1. The van der Waals surface area contributed by atoms with Gasteiger partial charge < -0.3 is 0 Å². The van der Waals surface area contributed by atoms with Crippen LogP contribution >= 0.6 is 23.1 Å². The van der Waals surface area contributed by atoms with Crippen LogP contribution in [0.25, 0.3) is 0 Å². The van der Waals surface area contributed by atoms with E-state index in [4.69, 9.17) is 0 Å². The van der Waals surface area contributed by atoms with Gasteiger partial charge in [0.05, 0.1) is 5.75 Å². The minimum Gasteiger partial charge on any atom is -0.272 e. The molecule has 1 heterocycles. The van der Waals surface area contributed by atoms with Gasteiger partial charge >= 0.3 is 0 Å². The van der Waals surface area contributed by atoms with E-state index in [9.17, 15) is 4.79 Å². The average molecular weight is 324 g/mol. The van der Waals surface area contributed by atoms with Crippen LogP contribution in [0.1, 0.15) is 40.0 Å². The highest BCUT2D eigenvalue weighted by atomic mass is 32.2. The largest absolute Gasteiger partial charge is 0.272 e. The Balaban J connectivity index is 1.58. The molecule has 0 aliphatic heterocycles. The van der Waals surface area contributed by atoms with Crippen LogP contribution in [-0.2, 0) is 4.79 Å². The third kappa shape index (κ3) is 2.50. The molecule has 0 aromatic carbocycles. The number of fused-ring (bicyclic) bond motifs is 2. The van der Waals surface area contributed by atoms with Crippen molar-refractivity contribution >= 4 is 34.7 Å². The minimum absolute atomic E-state index is 0.0770. The van der Waals surface area contributed by atoms with E-state index in [-0.39, 0.29) is 16.7 Å². The van der Waals surface area contributed by atoms with Crippen LogP contribution in [0, 0.1) is 16.7 Å². The fourth-order valence-corrected chi connectivity index (χ4v) is 4.89. The zero-order valence-corrected chi connectivity index (χ0v) is 14.2. The monoisotopic (exact) mass is 324 g/mol. The fraction of sp³-hybridized carbons (Fsp3) is 0.714. The molecule has 7 heteroatoms. The molecule has 3 rings (SSSR count). The van der Waals surface area contributed by atoms with Crippen molar-refractivity contribution in [2.75, 3.05) is 5.75 Å². The highest BCUT2D eigenvalue weighted by Crippen LogP contribution is 2.63. The molecule has 0 unspecified atom stereocenters. The lowest BCUT2D eigenvalue weighted by Gasteiger charge is -2.34. The van der Waals surface area contributed by atoms with Gasteiger partial charge in [-0.1, -0.05) is 43.9 Å². The first kappa shape index (κ1) is 15.0. The summed E-state index contributed by atoms with van der Waals surface area (Å²) in [6.45, 7) is 6.96. The Kier molecular flexibility index (Phi) is 3.81. The molecule has 114 valence electrons. The van der Waals surface area contributed by atoms with Crippen LogP contribution in [0.5, 0.6) is 0 Å². The van der Waals surface area contributed by atoms with Crippen molar-refractivity contribution in [1.29, 1.82) is 0 Å². The molecule has 2 fully saturated rings. The Morgan fingerprint density at radius 1 is 1.57 bits per heavy atom. The van der Waals surface area contributed by atoms with E-state index in [1.165, 1.54) is 35.9 Å². The van der Waals surface area contributed by atoms with E-state index in [1.807, 2.05) is 0 Å². The molecule has 1 amide bonds. The number of amides is 1. The smallest absolute Gasteiger partial charge is 0.250 e. The van der Waals surface area contributed by atoms with Crippen molar-refractivity contribution in [3.63, 3.8) is 0 Å². The maximum Gasteiger partial charge on any atom is 0.250 e. The summed E-state index contributed by atoms with van der Waals surface area (Å²) in [5, 5.41) is 12.1. The van der Waals surface area contributed by atoms with Crippen molar-refractivity contribution in [3.05, 3.63) is 5.51 Å². The summed E-state index contributed by atoms with van der Waals surface area (Å²) in [5.74, 6) is 0.955. The van der Waals surface area contributed by atoms with Gasteiger partial charge in [-0.25, -0.2) is 5.43 Å². The summed E-state index contributed by atoms with van der Waals surface area (Å²) >= 11 is 2.84. The lowest BCUT2D eigenvalue weighted by atomic mass is 9.70. The van der Waals surface area contributed by atoms with Gasteiger partial charge in [-0.3, -0.25) is 4.79 Å². The molecule has 0 saturated heterocycles. The van der Waals surface area contributed by atoms with E-state index in [0.717, 1.165) is 16.5 Å². The van der Waals surface area contributed by atoms with Gasteiger partial charge in [0.1, 0.15) is 5.51 Å². The van der Waals surface area contributed by atoms with Crippen molar-refractivity contribution in [3.8, 4) is 0 Å². The van der Waals surface area contributed by atoms with E-state index in [1.54, 1.807) is 5.51 Å². The number of carbonyl (C=O) groups is 1. The van der Waals surface area contributed by atoms with Crippen molar-refractivity contribution in [1.82, 2.24) is 15.6 Å². The topological polar surface area (TPSA) is 67.2 Å². The summed E-state index contributed by atoms with van der Waals surface area (Å²) in [4.78, 5) is 11.9. The summed E-state index contributed by atoms with van der Waals surface area (Å²) in [6, 6.07) is 0. The molecule has 1 aromatic rings. The quantitative estimate of drug-likeness (QED) is 0.683. The van der Waals surface area contributed by atoms with Crippen LogP contribution in [0.2, 0.25) is 0 Å².